The van der Waals surface area contributed by atoms with Gasteiger partial charge in [-0.05, 0) is 37.5 Å². The molecule has 1 fully saturated rings. The lowest BCUT2D eigenvalue weighted by atomic mass is 10.0. The summed E-state index contributed by atoms with van der Waals surface area (Å²) in [5.74, 6) is 9.56. The smallest absolute Gasteiger partial charge is 0.190 e. The number of nitrogens with zero attached hydrogens (tertiary/aromatic N) is 3. The van der Waals surface area contributed by atoms with Crippen molar-refractivity contribution >= 4 is 23.0 Å². The van der Waals surface area contributed by atoms with Crippen LogP contribution in [-0.2, 0) is 20.7 Å². The van der Waals surface area contributed by atoms with E-state index in [9.17, 15) is 0 Å². The molecule has 6 nitrogen and oxygen atoms in total. The summed E-state index contributed by atoms with van der Waals surface area (Å²) < 4.78 is 11.1. The van der Waals surface area contributed by atoms with E-state index in [1.165, 1.54) is 0 Å². The minimum atomic E-state index is 0.580. The SMILES string of the molecule is CCCC#CC1=CC=CCc2nc(N3CC4=CCC=C(OC)C=C4O3)c(N=C(CCCC)OC)cc21. The zero-order valence-electron chi connectivity index (χ0n) is 21.8. The van der Waals surface area contributed by atoms with Gasteiger partial charge in [-0.15, -0.1) is 0 Å². The van der Waals surface area contributed by atoms with E-state index < -0.39 is 0 Å². The van der Waals surface area contributed by atoms with Crippen molar-refractivity contribution in [1.29, 1.82) is 0 Å². The lowest BCUT2D eigenvalue weighted by Gasteiger charge is -2.20. The summed E-state index contributed by atoms with van der Waals surface area (Å²) in [6.07, 6.45) is 18.6. The number of aromatic nitrogens is 1. The molecule has 1 aromatic heterocycles. The van der Waals surface area contributed by atoms with Crippen LogP contribution in [0.1, 0.15) is 63.6 Å². The van der Waals surface area contributed by atoms with Gasteiger partial charge in [0.05, 0.1) is 26.5 Å². The number of fused-ring (bicyclic) bond motifs is 2. The number of pyridine rings is 1. The summed E-state index contributed by atoms with van der Waals surface area (Å²) in [5.41, 5.74) is 4.75. The van der Waals surface area contributed by atoms with Crippen LogP contribution in [0.25, 0.3) is 5.57 Å². The number of ether oxygens (including phenoxy) is 2. The number of hydrogen-bond acceptors (Lipinski definition) is 6. The fourth-order valence-corrected chi connectivity index (χ4v) is 4.17. The van der Waals surface area contributed by atoms with E-state index in [4.69, 9.17) is 24.3 Å². The quantitative estimate of drug-likeness (QED) is 0.243. The van der Waals surface area contributed by atoms with E-state index >= 15 is 0 Å². The molecule has 6 heteroatoms. The number of rotatable bonds is 7. The molecule has 3 aliphatic rings. The van der Waals surface area contributed by atoms with Crippen molar-refractivity contribution in [2.24, 2.45) is 4.99 Å². The maximum absolute atomic E-state index is 6.30. The predicted molar refractivity (Wildman–Crippen MR) is 146 cm³/mol. The number of hydrogen-bond donors (Lipinski definition) is 0. The maximum atomic E-state index is 6.30. The molecular weight excluding hydrogens is 450 g/mol. The predicted octanol–water partition coefficient (Wildman–Crippen LogP) is 6.74. The van der Waals surface area contributed by atoms with Crippen LogP contribution in [0.4, 0.5) is 11.5 Å². The zero-order chi connectivity index (χ0) is 25.3. The van der Waals surface area contributed by atoms with E-state index in [2.05, 4.69) is 56.1 Å². The average Bonchev–Trinajstić information content (AvgIpc) is 3.05. The van der Waals surface area contributed by atoms with Gasteiger partial charge in [0.15, 0.2) is 17.5 Å². The molecule has 0 N–H and O–H groups in total. The fraction of sp³-hybridized carbons (Fsp3) is 0.400. The van der Waals surface area contributed by atoms with Crippen molar-refractivity contribution in [3.05, 3.63) is 70.9 Å². The van der Waals surface area contributed by atoms with Gasteiger partial charge in [-0.25, -0.2) is 9.98 Å². The van der Waals surface area contributed by atoms with Gasteiger partial charge in [-0.3, -0.25) is 0 Å². The van der Waals surface area contributed by atoms with Crippen molar-refractivity contribution < 1.29 is 14.3 Å². The lowest BCUT2D eigenvalue weighted by Crippen LogP contribution is -2.19. The molecule has 36 heavy (non-hydrogen) atoms. The second-order valence-corrected chi connectivity index (χ2v) is 8.82. The number of allylic oxidation sites excluding steroid dienone is 7. The van der Waals surface area contributed by atoms with Gasteiger partial charge in [-0.1, -0.05) is 50.3 Å². The maximum Gasteiger partial charge on any atom is 0.190 e. The number of methoxy groups -OCH3 is 2. The van der Waals surface area contributed by atoms with E-state index in [0.717, 1.165) is 72.4 Å². The number of anilines is 1. The van der Waals surface area contributed by atoms with Crippen LogP contribution in [0.5, 0.6) is 0 Å². The molecule has 0 atom stereocenters. The number of unbranched alkanes of at least 4 members (excludes halogenated alkanes) is 2. The van der Waals surface area contributed by atoms with Gasteiger partial charge < -0.3 is 14.3 Å². The van der Waals surface area contributed by atoms with Crippen molar-refractivity contribution in [1.82, 2.24) is 4.98 Å². The van der Waals surface area contributed by atoms with Gasteiger partial charge >= 0.3 is 0 Å². The first-order valence-corrected chi connectivity index (χ1v) is 12.8. The van der Waals surface area contributed by atoms with Crippen molar-refractivity contribution in [2.45, 2.75) is 58.8 Å². The zero-order valence-corrected chi connectivity index (χ0v) is 21.8. The molecule has 188 valence electrons. The van der Waals surface area contributed by atoms with E-state index in [-0.39, 0.29) is 0 Å². The Hall–Kier alpha value is -3.72. The highest BCUT2D eigenvalue weighted by Crippen LogP contribution is 2.38. The van der Waals surface area contributed by atoms with Gasteiger partial charge in [-0.2, -0.15) is 5.06 Å². The standard InChI is InChI=1S/C30H35N3O3/c1-5-7-9-13-22-14-10-11-17-26-25(22)20-27(31-29(35-4)18-8-6-2)30(32-26)33-21-23-15-12-16-24(34-3)19-28(23)36-33/h10-11,14-16,19-20H,5-8,12,17-18,21H2,1-4H3. The molecular formula is C30H35N3O3. The third kappa shape index (κ3) is 5.91. The van der Waals surface area contributed by atoms with E-state index in [1.54, 1.807) is 14.2 Å². The molecule has 2 heterocycles. The minimum absolute atomic E-state index is 0.580. The van der Waals surface area contributed by atoms with Gasteiger partial charge in [0, 0.05) is 42.0 Å². The highest BCUT2D eigenvalue weighted by molar-refractivity contribution is 5.87. The van der Waals surface area contributed by atoms with Gasteiger partial charge in [0.25, 0.3) is 0 Å². The molecule has 1 saturated heterocycles. The van der Waals surface area contributed by atoms with Crippen molar-refractivity contribution in [3.63, 3.8) is 0 Å². The Morgan fingerprint density at radius 3 is 2.89 bits per heavy atom. The topological polar surface area (TPSA) is 56.2 Å². The monoisotopic (exact) mass is 485 g/mol. The van der Waals surface area contributed by atoms with Crippen LogP contribution in [0, 0.1) is 11.8 Å². The van der Waals surface area contributed by atoms with Gasteiger partial charge in [0.2, 0.25) is 0 Å². The summed E-state index contributed by atoms with van der Waals surface area (Å²) in [6.45, 7) is 4.88. The molecule has 0 radical (unpaired) electrons. The minimum Gasteiger partial charge on any atom is -0.497 e. The van der Waals surface area contributed by atoms with Crippen LogP contribution in [0.3, 0.4) is 0 Å². The van der Waals surface area contributed by atoms with E-state index in [1.807, 2.05) is 17.2 Å². The molecule has 4 rings (SSSR count). The first kappa shape index (κ1) is 25.4. The van der Waals surface area contributed by atoms with Crippen molar-refractivity contribution in [2.75, 3.05) is 25.8 Å². The summed E-state index contributed by atoms with van der Waals surface area (Å²) >= 11 is 0. The van der Waals surface area contributed by atoms with Crippen LogP contribution in [0.15, 0.2) is 64.6 Å². The molecule has 0 spiro atoms. The van der Waals surface area contributed by atoms with Gasteiger partial charge in [0.1, 0.15) is 11.4 Å². The second kappa shape index (κ2) is 12.3. The Balaban J connectivity index is 1.79. The molecule has 1 aromatic rings. The highest BCUT2D eigenvalue weighted by atomic mass is 16.7. The van der Waals surface area contributed by atoms with Crippen LogP contribution >= 0.6 is 0 Å². The molecule has 2 aliphatic carbocycles. The molecule has 0 aromatic carbocycles. The summed E-state index contributed by atoms with van der Waals surface area (Å²) in [6, 6.07) is 2.09. The third-order valence-corrected chi connectivity index (χ3v) is 6.15. The van der Waals surface area contributed by atoms with Crippen molar-refractivity contribution in [3.8, 4) is 11.8 Å². The summed E-state index contributed by atoms with van der Waals surface area (Å²) in [5, 5.41) is 1.82. The first-order chi connectivity index (χ1) is 17.7. The second-order valence-electron chi connectivity index (χ2n) is 8.82. The largest absolute Gasteiger partial charge is 0.497 e. The highest BCUT2D eigenvalue weighted by Gasteiger charge is 2.30. The molecule has 1 aliphatic heterocycles. The average molecular weight is 486 g/mol. The first-order valence-electron chi connectivity index (χ1n) is 12.8. The number of aliphatic imine (C=N–C) groups is 1. The summed E-state index contributed by atoms with van der Waals surface area (Å²) in [7, 11) is 3.35. The lowest BCUT2D eigenvalue weighted by molar-refractivity contribution is 0.225. The Morgan fingerprint density at radius 2 is 2.11 bits per heavy atom. The normalized spacial score (nSPS) is 16.7. The molecule has 0 bridgehead atoms. The Bertz CT molecular complexity index is 1220. The fourth-order valence-electron chi connectivity index (χ4n) is 4.17. The van der Waals surface area contributed by atoms with Crippen LogP contribution < -0.4 is 5.06 Å². The molecule has 0 unspecified atom stereocenters. The Kier molecular flexibility index (Phi) is 8.67. The van der Waals surface area contributed by atoms with Crippen LogP contribution in [0.2, 0.25) is 0 Å². The molecule has 0 amide bonds. The third-order valence-electron chi connectivity index (χ3n) is 6.15. The van der Waals surface area contributed by atoms with E-state index in [0.29, 0.717) is 30.4 Å². The molecule has 0 saturated carbocycles. The summed E-state index contributed by atoms with van der Waals surface area (Å²) in [4.78, 5) is 16.3. The van der Waals surface area contributed by atoms with Crippen LogP contribution in [-0.4, -0.2) is 31.6 Å². The Labute approximate surface area is 214 Å². The Morgan fingerprint density at radius 1 is 1.22 bits per heavy atom. The number of hydroxylamine groups is 1.